The molecule has 2 saturated heterocycles. The molecule has 20 heavy (non-hydrogen) atoms. The van der Waals surface area contributed by atoms with Gasteiger partial charge in [-0.3, -0.25) is 4.90 Å². The first-order chi connectivity index (χ1) is 9.61. The summed E-state index contributed by atoms with van der Waals surface area (Å²) >= 11 is 12.2. The van der Waals surface area contributed by atoms with Gasteiger partial charge in [0.1, 0.15) is 0 Å². The highest BCUT2D eigenvalue weighted by atomic mass is 35.5. The monoisotopic (exact) mass is 312 g/mol. The number of piperidine rings is 1. The van der Waals surface area contributed by atoms with Crippen LogP contribution in [-0.4, -0.2) is 35.5 Å². The van der Waals surface area contributed by atoms with Crippen molar-refractivity contribution in [2.45, 2.75) is 37.3 Å². The molecule has 4 atom stereocenters. The van der Waals surface area contributed by atoms with E-state index in [4.69, 9.17) is 28.4 Å². The lowest BCUT2D eigenvalue weighted by molar-refractivity contribution is 0.133. The van der Waals surface area contributed by atoms with Crippen LogP contribution in [0.25, 0.3) is 0 Å². The molecule has 2 bridgehead atoms. The molecule has 0 aromatic heterocycles. The van der Waals surface area contributed by atoms with Gasteiger partial charge >= 0.3 is 0 Å². The molecule has 1 N–H and O–H groups in total. The van der Waals surface area contributed by atoms with Gasteiger partial charge in [-0.25, -0.2) is 0 Å². The molecule has 0 aliphatic carbocycles. The van der Waals surface area contributed by atoms with Crippen molar-refractivity contribution in [1.82, 2.24) is 4.90 Å². The van der Waals surface area contributed by atoms with Gasteiger partial charge in [0.15, 0.2) is 0 Å². The number of hydrogen-bond donors (Lipinski definition) is 1. The van der Waals surface area contributed by atoms with Gasteiger partial charge in [0.2, 0.25) is 0 Å². The Labute approximate surface area is 129 Å². The predicted octanol–water partition coefficient (Wildman–Crippen LogP) is 4.02. The number of hydrogen-bond acceptors (Lipinski definition) is 3. The average Bonchev–Trinajstić information content (AvgIpc) is 2.67. The van der Waals surface area contributed by atoms with Crippen LogP contribution in [-0.2, 0) is 0 Å². The predicted molar refractivity (Wildman–Crippen MR) is 82.2 cm³/mol. The lowest BCUT2D eigenvalue weighted by Gasteiger charge is -2.41. The Hall–Kier alpha value is -0.770. The summed E-state index contributed by atoms with van der Waals surface area (Å²) in [5, 5.41) is 13.5. The Balaban J connectivity index is 1.96. The summed E-state index contributed by atoms with van der Waals surface area (Å²) in [5.74, 6) is 0.565. The van der Waals surface area contributed by atoms with Gasteiger partial charge in [0.05, 0.1) is 10.0 Å². The largest absolute Gasteiger partial charge is 0.411 e. The molecule has 3 nitrogen and oxygen atoms in total. The van der Waals surface area contributed by atoms with Gasteiger partial charge < -0.3 is 5.21 Å². The Bertz CT molecular complexity index is 535. The smallest absolute Gasteiger partial charge is 0.0595 e. The molecule has 2 aliphatic heterocycles. The van der Waals surface area contributed by atoms with Crippen molar-refractivity contribution in [2.24, 2.45) is 11.1 Å². The van der Waals surface area contributed by atoms with E-state index in [9.17, 15) is 0 Å². The Morgan fingerprint density at radius 2 is 2.10 bits per heavy atom. The van der Waals surface area contributed by atoms with Gasteiger partial charge in [-0.2, -0.15) is 0 Å². The van der Waals surface area contributed by atoms with Gasteiger partial charge in [-0.05, 0) is 49.9 Å². The van der Waals surface area contributed by atoms with Crippen LogP contribution < -0.4 is 0 Å². The second kappa shape index (κ2) is 5.55. The second-order valence-corrected chi connectivity index (χ2v) is 6.64. The molecule has 0 saturated carbocycles. The van der Waals surface area contributed by atoms with Crippen molar-refractivity contribution in [3.8, 4) is 0 Å². The number of rotatable bonds is 2. The molecule has 5 heteroatoms. The summed E-state index contributed by atoms with van der Waals surface area (Å²) in [4.78, 5) is 2.43. The summed E-state index contributed by atoms with van der Waals surface area (Å²) in [5.41, 5.74) is 1.19. The number of benzene rings is 1. The van der Waals surface area contributed by atoms with E-state index < -0.39 is 0 Å². The molecular formula is C15H18Cl2N2O. The summed E-state index contributed by atoms with van der Waals surface area (Å²) in [7, 11) is 2.17. The van der Waals surface area contributed by atoms with E-state index in [0.29, 0.717) is 28.0 Å². The quantitative estimate of drug-likeness (QED) is 0.508. The molecule has 2 fully saturated rings. The number of fused-ring (bicyclic) bond motifs is 2. The van der Waals surface area contributed by atoms with Crippen LogP contribution in [0.5, 0.6) is 0 Å². The molecule has 0 amide bonds. The van der Waals surface area contributed by atoms with Crippen molar-refractivity contribution in [3.05, 3.63) is 33.8 Å². The zero-order chi connectivity index (χ0) is 14.3. The maximum atomic E-state index is 9.00. The molecule has 3 rings (SSSR count). The SMILES string of the molecule is CN1[C@H]2CC[C@@H]1[C@@H](/C=N\O)[C@@H](c1ccc(Cl)c(Cl)c1)C2. The van der Waals surface area contributed by atoms with Crippen molar-refractivity contribution in [3.63, 3.8) is 0 Å². The second-order valence-electron chi connectivity index (χ2n) is 5.82. The van der Waals surface area contributed by atoms with E-state index in [0.717, 1.165) is 12.8 Å². The first-order valence-corrected chi connectivity index (χ1v) is 7.72. The summed E-state index contributed by atoms with van der Waals surface area (Å²) in [6.45, 7) is 0. The fourth-order valence-corrected chi connectivity index (χ4v) is 4.20. The van der Waals surface area contributed by atoms with Gasteiger partial charge in [0, 0.05) is 24.2 Å². The van der Waals surface area contributed by atoms with Gasteiger partial charge in [0.25, 0.3) is 0 Å². The van der Waals surface area contributed by atoms with Crippen LogP contribution in [0.4, 0.5) is 0 Å². The van der Waals surface area contributed by atoms with E-state index in [1.807, 2.05) is 18.2 Å². The highest BCUT2D eigenvalue weighted by Crippen LogP contribution is 2.46. The third-order valence-electron chi connectivity index (χ3n) is 4.94. The third-order valence-corrected chi connectivity index (χ3v) is 5.68. The lowest BCUT2D eigenvalue weighted by atomic mass is 9.77. The fourth-order valence-electron chi connectivity index (χ4n) is 3.89. The van der Waals surface area contributed by atoms with Crippen LogP contribution >= 0.6 is 23.2 Å². The van der Waals surface area contributed by atoms with E-state index in [1.54, 1.807) is 6.21 Å². The minimum atomic E-state index is 0.223. The van der Waals surface area contributed by atoms with Crippen LogP contribution in [0.1, 0.15) is 30.7 Å². The maximum absolute atomic E-state index is 9.00. The van der Waals surface area contributed by atoms with Crippen LogP contribution in [0, 0.1) is 5.92 Å². The number of nitrogens with zero attached hydrogens (tertiary/aromatic N) is 2. The lowest BCUT2D eigenvalue weighted by Crippen LogP contribution is -2.46. The Morgan fingerprint density at radius 3 is 2.80 bits per heavy atom. The first-order valence-electron chi connectivity index (χ1n) is 6.96. The van der Waals surface area contributed by atoms with E-state index in [1.165, 1.54) is 12.0 Å². The zero-order valence-corrected chi connectivity index (χ0v) is 12.8. The third kappa shape index (κ3) is 2.32. The van der Waals surface area contributed by atoms with Gasteiger partial charge in [-0.15, -0.1) is 5.16 Å². The maximum Gasteiger partial charge on any atom is 0.0595 e. The van der Waals surface area contributed by atoms with E-state index in [-0.39, 0.29) is 5.92 Å². The summed E-state index contributed by atoms with van der Waals surface area (Å²) in [6, 6.07) is 6.92. The average molecular weight is 313 g/mol. The van der Waals surface area contributed by atoms with Crippen molar-refractivity contribution in [2.75, 3.05) is 7.05 Å². The van der Waals surface area contributed by atoms with Crippen molar-refractivity contribution >= 4 is 29.4 Å². The van der Waals surface area contributed by atoms with Crippen LogP contribution in [0.2, 0.25) is 10.0 Å². The highest BCUT2D eigenvalue weighted by molar-refractivity contribution is 6.42. The minimum absolute atomic E-state index is 0.223. The minimum Gasteiger partial charge on any atom is -0.411 e. The normalized spacial score (nSPS) is 34.0. The van der Waals surface area contributed by atoms with E-state index in [2.05, 4.69) is 17.1 Å². The molecule has 0 radical (unpaired) electrons. The zero-order valence-electron chi connectivity index (χ0n) is 11.3. The molecule has 2 aliphatic rings. The molecule has 2 heterocycles. The van der Waals surface area contributed by atoms with Crippen LogP contribution in [0.15, 0.2) is 23.4 Å². The molecule has 0 unspecified atom stereocenters. The first kappa shape index (κ1) is 14.2. The summed E-state index contributed by atoms with van der Waals surface area (Å²) < 4.78 is 0. The Kier molecular flexibility index (Phi) is 3.93. The van der Waals surface area contributed by atoms with E-state index >= 15 is 0 Å². The Morgan fingerprint density at radius 1 is 1.30 bits per heavy atom. The molecule has 0 spiro atoms. The standard InChI is InChI=1S/C15H18Cl2N2O/c1-19-10-3-5-15(19)12(8-18-20)11(7-10)9-2-4-13(16)14(17)6-9/h2,4,6,8,10-12,15,20H,3,5,7H2,1H3/b18-8-/t10-,11+,12-,15+/m0/s1. The number of oxime groups is 1. The topological polar surface area (TPSA) is 35.8 Å². The molecular weight excluding hydrogens is 295 g/mol. The fraction of sp³-hybridized carbons (Fsp3) is 0.533. The molecule has 1 aromatic carbocycles. The van der Waals surface area contributed by atoms with Gasteiger partial charge in [-0.1, -0.05) is 29.3 Å². The summed E-state index contributed by atoms with van der Waals surface area (Å²) in [6.07, 6.45) is 5.14. The van der Waals surface area contributed by atoms with Crippen molar-refractivity contribution in [1.29, 1.82) is 0 Å². The molecule has 1 aromatic rings. The van der Waals surface area contributed by atoms with Crippen LogP contribution in [0.3, 0.4) is 0 Å². The molecule has 108 valence electrons. The highest BCUT2D eigenvalue weighted by Gasteiger charge is 2.45. The number of halogens is 2. The van der Waals surface area contributed by atoms with Crippen molar-refractivity contribution < 1.29 is 5.21 Å².